The molecule has 0 unspecified atom stereocenters. The minimum atomic E-state index is -2.09. The predicted octanol–water partition coefficient (Wildman–Crippen LogP) is 2.60. The van der Waals surface area contributed by atoms with Gasteiger partial charge in [0.05, 0.1) is 0 Å². The zero-order valence-electron chi connectivity index (χ0n) is 9.58. The van der Waals surface area contributed by atoms with E-state index in [-0.39, 0.29) is 0 Å². The Morgan fingerprint density at radius 2 is 1.08 bits per heavy atom. The van der Waals surface area contributed by atoms with E-state index in [1.54, 1.807) is 0 Å². The first-order chi connectivity index (χ1) is 5.71. The summed E-state index contributed by atoms with van der Waals surface area (Å²) in [4.78, 5) is 0. The average Bonchev–Trinajstić information content (AvgIpc) is 2.01. The number of nitrogens with zero attached hydrogens (tertiary/aromatic N) is 3. The van der Waals surface area contributed by atoms with Crippen molar-refractivity contribution in [3.05, 3.63) is 0 Å². The molecule has 0 aromatic heterocycles. The first-order valence-corrected chi connectivity index (χ1v) is 10.8. The predicted molar refractivity (Wildman–Crippen MR) is 75.5 cm³/mol. The Morgan fingerprint density at radius 3 is 1.08 bits per heavy atom. The molecular formula is C7H21IN3PS. The second kappa shape index (κ2) is 4.49. The van der Waals surface area contributed by atoms with Gasteiger partial charge in [-0.25, -0.2) is 0 Å². The summed E-state index contributed by atoms with van der Waals surface area (Å²) in [7, 11) is 12.9. The van der Waals surface area contributed by atoms with E-state index < -0.39 is 3.90 Å². The molecule has 0 amide bonds. The van der Waals surface area contributed by atoms with Gasteiger partial charge in [-0.15, -0.1) is 0 Å². The van der Waals surface area contributed by atoms with Crippen LogP contribution in [0.25, 0.3) is 0 Å². The third kappa shape index (κ3) is 2.01. The van der Waals surface area contributed by atoms with E-state index in [9.17, 15) is 0 Å². The minimum absolute atomic E-state index is 1.94. The molecule has 0 aliphatic heterocycles. The molecule has 0 bridgehead atoms. The Labute approximate surface area is 99.5 Å². The van der Waals surface area contributed by atoms with Crippen LogP contribution in [0.2, 0.25) is 0 Å². The second-order valence-corrected chi connectivity index (χ2v) is 18.3. The SMILES string of the molecule is CSP(I)(N(C)C)(N(C)C)N(C)C. The van der Waals surface area contributed by atoms with Gasteiger partial charge in [0.2, 0.25) is 0 Å². The molecule has 0 aromatic rings. The molecule has 0 aliphatic carbocycles. The van der Waals surface area contributed by atoms with Crippen molar-refractivity contribution in [2.75, 3.05) is 48.5 Å². The fourth-order valence-electron chi connectivity index (χ4n) is 1.56. The normalized spacial score (nSPS) is 16.7. The summed E-state index contributed by atoms with van der Waals surface area (Å²) >= 11 is 4.55. The Kier molecular flexibility index (Phi) is 4.97. The monoisotopic (exact) mass is 337 g/mol. The summed E-state index contributed by atoms with van der Waals surface area (Å²) in [5.41, 5.74) is 0. The Bertz CT molecular complexity index is 162. The van der Waals surface area contributed by atoms with E-state index in [1.807, 2.05) is 11.4 Å². The van der Waals surface area contributed by atoms with Crippen LogP contribution in [0.4, 0.5) is 0 Å². The fourth-order valence-corrected chi connectivity index (χ4v) is 7.63. The van der Waals surface area contributed by atoms with Crippen LogP contribution < -0.4 is 0 Å². The first kappa shape index (κ1) is 14.4. The van der Waals surface area contributed by atoms with Gasteiger partial charge in [-0.05, 0) is 0 Å². The van der Waals surface area contributed by atoms with Crippen LogP contribution in [-0.2, 0) is 0 Å². The maximum atomic E-state index is 2.61. The zero-order valence-corrected chi connectivity index (χ0v) is 13.4. The van der Waals surface area contributed by atoms with E-state index >= 15 is 0 Å². The zero-order chi connectivity index (χ0) is 10.9. The van der Waals surface area contributed by atoms with Crippen LogP contribution in [0, 0.1) is 0 Å². The van der Waals surface area contributed by atoms with Crippen LogP contribution >= 0.6 is 37.3 Å². The average molecular weight is 337 g/mol. The number of hydrogen-bond acceptors (Lipinski definition) is 4. The molecule has 0 aliphatic rings. The van der Waals surface area contributed by atoms with Gasteiger partial charge in [-0.2, -0.15) is 0 Å². The van der Waals surface area contributed by atoms with Crippen molar-refractivity contribution in [3.8, 4) is 0 Å². The molecule has 0 heterocycles. The van der Waals surface area contributed by atoms with Gasteiger partial charge in [0.1, 0.15) is 0 Å². The summed E-state index contributed by atoms with van der Waals surface area (Å²) in [6.45, 7) is 0. The molecule has 0 atom stereocenters. The summed E-state index contributed by atoms with van der Waals surface area (Å²) < 4.78 is 4.94. The molecule has 0 spiro atoms. The summed E-state index contributed by atoms with van der Waals surface area (Å²) in [5, 5.41) is 0. The molecule has 0 N–H and O–H groups in total. The molecule has 0 radical (unpaired) electrons. The molecule has 0 aromatic carbocycles. The van der Waals surface area contributed by atoms with Crippen molar-refractivity contribution in [3.63, 3.8) is 0 Å². The van der Waals surface area contributed by atoms with Gasteiger partial charge in [-0.1, -0.05) is 0 Å². The maximum absolute atomic E-state index is 2.61. The van der Waals surface area contributed by atoms with Gasteiger partial charge in [-0.3, -0.25) is 0 Å². The quantitative estimate of drug-likeness (QED) is 0.576. The van der Waals surface area contributed by atoms with E-state index in [2.05, 4.69) is 84.6 Å². The Morgan fingerprint density at radius 1 is 0.846 bits per heavy atom. The molecular weight excluding hydrogens is 316 g/mol. The third-order valence-corrected chi connectivity index (χ3v) is 23.1. The van der Waals surface area contributed by atoms with Crippen LogP contribution in [-0.4, -0.2) is 62.6 Å². The van der Waals surface area contributed by atoms with E-state index in [0.29, 0.717) is 0 Å². The summed E-state index contributed by atoms with van der Waals surface area (Å²) in [6.07, 6.45) is 2.18. The fraction of sp³-hybridized carbons (Fsp3) is 1.00. The standard InChI is InChI=1S/C7H21IN3PS/c1-9(2)12(8,13-7,10(3)4)11(5)6/h1-7H3. The van der Waals surface area contributed by atoms with Crippen LogP contribution in [0.3, 0.4) is 0 Å². The van der Waals surface area contributed by atoms with Crippen molar-refractivity contribution in [2.45, 2.75) is 0 Å². The molecule has 0 rings (SSSR count). The van der Waals surface area contributed by atoms with Crippen molar-refractivity contribution < 1.29 is 0 Å². The van der Waals surface area contributed by atoms with Crippen LogP contribution in [0.5, 0.6) is 0 Å². The van der Waals surface area contributed by atoms with Crippen molar-refractivity contribution in [1.29, 1.82) is 0 Å². The van der Waals surface area contributed by atoms with Crippen molar-refractivity contribution in [2.24, 2.45) is 0 Å². The van der Waals surface area contributed by atoms with Crippen LogP contribution in [0.15, 0.2) is 0 Å². The number of halogens is 1. The number of hydrogen-bond donors (Lipinski definition) is 0. The Hall–Kier alpha value is 1.39. The van der Waals surface area contributed by atoms with Gasteiger partial charge in [0.15, 0.2) is 0 Å². The first-order valence-electron chi connectivity index (χ1n) is 4.04. The van der Waals surface area contributed by atoms with E-state index in [4.69, 9.17) is 0 Å². The molecule has 82 valence electrons. The van der Waals surface area contributed by atoms with E-state index in [0.717, 1.165) is 0 Å². The number of rotatable bonds is 4. The summed E-state index contributed by atoms with van der Waals surface area (Å²) in [6, 6.07) is 0. The second-order valence-electron chi connectivity index (χ2n) is 3.53. The Balaban J connectivity index is 5.33. The van der Waals surface area contributed by atoms with E-state index in [1.165, 1.54) is 0 Å². The van der Waals surface area contributed by atoms with Gasteiger partial charge in [0, 0.05) is 0 Å². The molecule has 6 heteroatoms. The summed E-state index contributed by atoms with van der Waals surface area (Å²) in [5.74, 6) is 0. The van der Waals surface area contributed by atoms with Crippen molar-refractivity contribution >= 4 is 37.3 Å². The molecule has 13 heavy (non-hydrogen) atoms. The molecule has 0 fully saturated rings. The molecule has 0 saturated heterocycles. The van der Waals surface area contributed by atoms with Gasteiger partial charge >= 0.3 is 99.9 Å². The van der Waals surface area contributed by atoms with Crippen molar-refractivity contribution in [1.82, 2.24) is 14.0 Å². The molecule has 3 nitrogen and oxygen atoms in total. The third-order valence-electron chi connectivity index (χ3n) is 2.33. The van der Waals surface area contributed by atoms with Crippen LogP contribution in [0.1, 0.15) is 0 Å². The molecule has 0 saturated carbocycles. The van der Waals surface area contributed by atoms with Gasteiger partial charge in [0.25, 0.3) is 0 Å². The van der Waals surface area contributed by atoms with Gasteiger partial charge < -0.3 is 0 Å². The topological polar surface area (TPSA) is 9.72 Å².